The number of carbonyl (C=O) groups is 1. The number of allylic oxidation sites excluding steroid dienone is 1. The summed E-state index contributed by atoms with van der Waals surface area (Å²) in [6.07, 6.45) is 6.84. The molecule has 0 saturated heterocycles. The van der Waals surface area contributed by atoms with Crippen LogP contribution < -0.4 is 4.74 Å². The van der Waals surface area contributed by atoms with Crippen LogP contribution in [0.15, 0.2) is 48.7 Å². The van der Waals surface area contributed by atoms with E-state index in [2.05, 4.69) is 53.0 Å². The summed E-state index contributed by atoms with van der Waals surface area (Å²) in [5, 5.41) is 15.7. The van der Waals surface area contributed by atoms with Gasteiger partial charge < -0.3 is 14.4 Å². The molecule has 2 aromatic carbocycles. The quantitative estimate of drug-likeness (QED) is 0.436. The molecule has 166 valence electrons. The number of para-hydroxylation sites is 1. The highest BCUT2D eigenvalue weighted by Crippen LogP contribution is 2.43. The zero-order valence-electron chi connectivity index (χ0n) is 18.7. The van der Waals surface area contributed by atoms with Gasteiger partial charge in [-0.2, -0.15) is 5.10 Å². The van der Waals surface area contributed by atoms with E-state index in [0.717, 1.165) is 52.9 Å². The van der Waals surface area contributed by atoms with Crippen LogP contribution in [0.2, 0.25) is 0 Å². The van der Waals surface area contributed by atoms with Crippen LogP contribution in [0.25, 0.3) is 33.8 Å². The third-order valence-electron chi connectivity index (χ3n) is 7.15. The molecule has 33 heavy (non-hydrogen) atoms. The number of aryl methyl sites for hydroxylation is 1. The van der Waals surface area contributed by atoms with Gasteiger partial charge in [0.15, 0.2) is 0 Å². The first-order valence-electron chi connectivity index (χ1n) is 11.3. The van der Waals surface area contributed by atoms with Crippen LogP contribution >= 0.6 is 0 Å². The Labute approximate surface area is 191 Å². The molecule has 1 saturated carbocycles. The summed E-state index contributed by atoms with van der Waals surface area (Å²) in [7, 11) is 1.67. The highest BCUT2D eigenvalue weighted by molar-refractivity contribution is 6.00. The summed E-state index contributed by atoms with van der Waals surface area (Å²) in [4.78, 5) is 12.2. The van der Waals surface area contributed by atoms with Crippen molar-refractivity contribution in [2.45, 2.75) is 38.8 Å². The molecule has 1 fully saturated rings. The molecule has 3 heterocycles. The predicted octanol–water partition coefficient (Wildman–Crippen LogP) is 5.80. The summed E-state index contributed by atoms with van der Waals surface area (Å²) in [5.74, 6) is -0.169. The van der Waals surface area contributed by atoms with Gasteiger partial charge >= 0.3 is 5.97 Å². The molecule has 0 amide bonds. The van der Waals surface area contributed by atoms with Crippen molar-refractivity contribution in [3.05, 3.63) is 71.0 Å². The smallest absolute Gasteiger partial charge is 0.339 e. The molecular formula is C27H25N3O3. The van der Waals surface area contributed by atoms with E-state index in [0.29, 0.717) is 12.2 Å². The van der Waals surface area contributed by atoms with Crippen LogP contribution in [0, 0.1) is 6.92 Å². The fraction of sp³-hybridized carbons (Fsp3) is 0.259. The average Bonchev–Trinajstić information content (AvgIpc) is 3.27. The fourth-order valence-corrected chi connectivity index (χ4v) is 5.28. The highest BCUT2D eigenvalue weighted by Gasteiger charge is 2.30. The summed E-state index contributed by atoms with van der Waals surface area (Å²) in [6, 6.07) is 14.8. The number of hydrogen-bond donors (Lipinski definition) is 1. The van der Waals surface area contributed by atoms with Crippen molar-refractivity contribution in [2.75, 3.05) is 7.11 Å². The Morgan fingerprint density at radius 2 is 1.97 bits per heavy atom. The average molecular weight is 440 g/mol. The largest absolute Gasteiger partial charge is 0.497 e. The fourth-order valence-electron chi connectivity index (χ4n) is 5.28. The van der Waals surface area contributed by atoms with Gasteiger partial charge in [0, 0.05) is 16.5 Å². The van der Waals surface area contributed by atoms with E-state index < -0.39 is 5.97 Å². The number of methoxy groups -OCH3 is 1. The maximum atomic E-state index is 12.2. The molecule has 0 bridgehead atoms. The van der Waals surface area contributed by atoms with Crippen LogP contribution in [0.1, 0.15) is 52.5 Å². The van der Waals surface area contributed by atoms with Gasteiger partial charge in [-0.25, -0.2) is 4.79 Å². The van der Waals surface area contributed by atoms with Crippen molar-refractivity contribution in [3.8, 4) is 17.0 Å². The Balaban J connectivity index is 1.66. The number of benzene rings is 2. The molecule has 6 heteroatoms. The van der Waals surface area contributed by atoms with E-state index in [1.165, 1.54) is 17.1 Å². The molecule has 4 aromatic rings. The Hall–Kier alpha value is -3.80. The summed E-state index contributed by atoms with van der Waals surface area (Å²) < 4.78 is 9.79. The number of ether oxygens (including phenoxy) is 1. The van der Waals surface area contributed by atoms with Gasteiger partial charge in [0.1, 0.15) is 11.3 Å². The van der Waals surface area contributed by atoms with E-state index in [9.17, 15) is 9.90 Å². The first-order valence-corrected chi connectivity index (χ1v) is 11.3. The lowest BCUT2D eigenvalue weighted by molar-refractivity contribution is 0.0696. The first kappa shape index (κ1) is 19.9. The minimum Gasteiger partial charge on any atom is -0.497 e. The van der Waals surface area contributed by atoms with Crippen molar-refractivity contribution in [1.82, 2.24) is 14.3 Å². The minimum absolute atomic E-state index is 0.254. The molecule has 2 aliphatic rings. The zero-order valence-corrected chi connectivity index (χ0v) is 18.7. The lowest BCUT2D eigenvalue weighted by Crippen LogP contribution is -2.21. The molecule has 6 rings (SSSR count). The first-order chi connectivity index (χ1) is 16.1. The number of rotatable bonds is 4. The van der Waals surface area contributed by atoms with Gasteiger partial charge in [0.25, 0.3) is 0 Å². The number of carboxylic acid groups (broad SMARTS) is 1. The monoisotopic (exact) mass is 439 g/mol. The number of aromatic carboxylic acids is 1. The van der Waals surface area contributed by atoms with E-state index in [1.807, 2.05) is 16.8 Å². The van der Waals surface area contributed by atoms with Crippen molar-refractivity contribution in [1.29, 1.82) is 0 Å². The van der Waals surface area contributed by atoms with Gasteiger partial charge in [-0.05, 0) is 73.2 Å². The lowest BCUT2D eigenvalue weighted by atomic mass is 9.92. The summed E-state index contributed by atoms with van der Waals surface area (Å²) in [6.45, 7) is 2.73. The van der Waals surface area contributed by atoms with Gasteiger partial charge in [0.2, 0.25) is 0 Å². The van der Waals surface area contributed by atoms with Crippen molar-refractivity contribution < 1.29 is 14.6 Å². The minimum atomic E-state index is -0.944. The highest BCUT2D eigenvalue weighted by atomic mass is 16.5. The van der Waals surface area contributed by atoms with Crippen molar-refractivity contribution >= 4 is 28.5 Å². The van der Waals surface area contributed by atoms with E-state index in [4.69, 9.17) is 4.74 Å². The maximum Gasteiger partial charge on any atom is 0.339 e. The second kappa shape index (κ2) is 7.37. The Kier molecular flexibility index (Phi) is 4.43. The molecule has 0 unspecified atom stereocenters. The normalized spacial score (nSPS) is 15.4. The molecule has 2 aromatic heterocycles. The van der Waals surface area contributed by atoms with Gasteiger partial charge in [-0.3, -0.25) is 4.68 Å². The SMILES string of the molecule is COc1ccc2c(c1)C=C(c1c(C(=O)O)cnn1C1CCC1)Cn1c-2c(C)c2ccccc21. The third-order valence-corrected chi connectivity index (χ3v) is 7.15. The van der Waals surface area contributed by atoms with Crippen LogP contribution in [0.4, 0.5) is 0 Å². The predicted molar refractivity (Wildman–Crippen MR) is 129 cm³/mol. The molecule has 1 aliphatic heterocycles. The molecule has 6 nitrogen and oxygen atoms in total. The Bertz CT molecular complexity index is 1450. The van der Waals surface area contributed by atoms with E-state index in [-0.39, 0.29) is 11.6 Å². The van der Waals surface area contributed by atoms with Crippen LogP contribution in [0.3, 0.4) is 0 Å². The Morgan fingerprint density at radius 1 is 1.15 bits per heavy atom. The van der Waals surface area contributed by atoms with Gasteiger partial charge in [0.05, 0.1) is 37.3 Å². The molecule has 1 aliphatic carbocycles. The third kappa shape index (κ3) is 2.94. The topological polar surface area (TPSA) is 69.3 Å². The number of hydrogen-bond acceptors (Lipinski definition) is 3. The Morgan fingerprint density at radius 3 is 2.70 bits per heavy atom. The van der Waals surface area contributed by atoms with E-state index in [1.54, 1.807) is 7.11 Å². The summed E-state index contributed by atoms with van der Waals surface area (Å²) >= 11 is 0. The second-order valence-corrected chi connectivity index (χ2v) is 8.94. The van der Waals surface area contributed by atoms with Gasteiger partial charge in [-0.15, -0.1) is 0 Å². The number of fused-ring (bicyclic) bond motifs is 5. The summed E-state index contributed by atoms with van der Waals surface area (Å²) in [5.41, 5.74) is 7.58. The van der Waals surface area contributed by atoms with Crippen LogP contribution in [-0.2, 0) is 6.54 Å². The molecule has 0 atom stereocenters. The molecule has 0 radical (unpaired) electrons. The van der Waals surface area contributed by atoms with Gasteiger partial charge in [-0.1, -0.05) is 18.2 Å². The number of carboxylic acids is 1. The second-order valence-electron chi connectivity index (χ2n) is 8.94. The number of nitrogens with zero attached hydrogens (tertiary/aromatic N) is 3. The van der Waals surface area contributed by atoms with Crippen LogP contribution in [-0.4, -0.2) is 32.5 Å². The standard InChI is InChI=1S/C27H25N3O3/c1-16-21-8-3-4-9-24(21)29-15-18(12-17-13-20(33-2)10-11-22(17)25(16)29)26-23(27(31)32)14-28-30(26)19-6-5-7-19/h3-4,8-14,19H,5-7,15H2,1-2H3,(H,31,32). The maximum absolute atomic E-state index is 12.2. The number of aromatic nitrogens is 3. The van der Waals surface area contributed by atoms with Crippen molar-refractivity contribution in [3.63, 3.8) is 0 Å². The molecule has 0 spiro atoms. The lowest BCUT2D eigenvalue weighted by Gasteiger charge is -2.28. The molecular weight excluding hydrogens is 414 g/mol. The van der Waals surface area contributed by atoms with Crippen molar-refractivity contribution in [2.24, 2.45) is 0 Å². The molecule has 1 N–H and O–H groups in total. The zero-order chi connectivity index (χ0) is 22.7. The van der Waals surface area contributed by atoms with Crippen LogP contribution in [0.5, 0.6) is 5.75 Å². The van der Waals surface area contributed by atoms with E-state index >= 15 is 0 Å².